The van der Waals surface area contributed by atoms with E-state index in [-0.39, 0.29) is 11.9 Å². The average Bonchev–Trinajstić information content (AvgIpc) is 3.01. The van der Waals surface area contributed by atoms with Crippen molar-refractivity contribution in [3.63, 3.8) is 0 Å². The zero-order valence-electron chi connectivity index (χ0n) is 24.9. The number of hydrogen-bond acceptors (Lipinski definition) is 5. The van der Waals surface area contributed by atoms with Gasteiger partial charge < -0.3 is 15.8 Å². The molecule has 2 heterocycles. The highest BCUT2D eigenvalue weighted by molar-refractivity contribution is 6.35. The van der Waals surface area contributed by atoms with Gasteiger partial charge in [-0.3, -0.25) is 14.6 Å². The quantitative estimate of drug-likeness (QED) is 0.196. The number of fused-ring (bicyclic) bond motifs is 1. The maximum Gasteiger partial charge on any atom is 0.238 e. The van der Waals surface area contributed by atoms with Crippen molar-refractivity contribution < 1.29 is 9.53 Å². The van der Waals surface area contributed by atoms with Crippen LogP contribution in [0, 0.1) is 5.92 Å². The Kier molecular flexibility index (Phi) is 9.43. The molecule has 1 saturated heterocycles. The fourth-order valence-electron chi connectivity index (χ4n) is 6.85. The molecular weight excluding hydrogens is 591 g/mol. The van der Waals surface area contributed by atoms with Crippen LogP contribution in [0.5, 0.6) is 5.75 Å². The smallest absolute Gasteiger partial charge is 0.238 e. The molecule has 2 aliphatic heterocycles. The van der Waals surface area contributed by atoms with E-state index in [1.165, 1.54) is 22.3 Å². The predicted molar refractivity (Wildman–Crippen MR) is 180 cm³/mol. The number of piperidine rings is 1. The average molecular weight is 630 g/mol. The molecule has 4 aromatic rings. The molecule has 0 aliphatic carbocycles. The molecule has 44 heavy (non-hydrogen) atoms. The molecule has 228 valence electrons. The molecule has 6 nitrogen and oxygen atoms in total. The lowest BCUT2D eigenvalue weighted by molar-refractivity contribution is -0.118. The molecule has 0 aromatic heterocycles. The van der Waals surface area contributed by atoms with Crippen molar-refractivity contribution >= 4 is 40.5 Å². The van der Waals surface area contributed by atoms with Gasteiger partial charge in [-0.05, 0) is 96.9 Å². The van der Waals surface area contributed by atoms with Gasteiger partial charge in [-0.15, -0.1) is 0 Å². The molecule has 4 aromatic carbocycles. The Hall–Kier alpha value is -3.55. The summed E-state index contributed by atoms with van der Waals surface area (Å²) in [5, 5.41) is 4.01. The van der Waals surface area contributed by atoms with E-state index in [0.29, 0.717) is 28.2 Å². The van der Waals surface area contributed by atoms with Crippen LogP contribution in [0.2, 0.25) is 10.0 Å². The first-order valence-electron chi connectivity index (χ1n) is 15.2. The monoisotopic (exact) mass is 628 g/mol. The highest BCUT2D eigenvalue weighted by Crippen LogP contribution is 2.41. The SMILES string of the molecule is COc1ccccc1CN1CCC(C2c3ccc(-c4cccc(N)c4)cc3CCN2CC(=O)Nc2cc(Cl)cc(Cl)c2)CC1. The zero-order chi connectivity index (χ0) is 30.6. The fraction of sp³-hybridized carbons (Fsp3) is 0.306. The van der Waals surface area contributed by atoms with Crippen molar-refractivity contribution in [2.45, 2.75) is 31.8 Å². The van der Waals surface area contributed by atoms with Crippen LogP contribution in [0.3, 0.4) is 0 Å². The third kappa shape index (κ3) is 7.05. The van der Waals surface area contributed by atoms with Crippen molar-refractivity contribution in [2.24, 2.45) is 5.92 Å². The van der Waals surface area contributed by atoms with E-state index < -0.39 is 0 Å². The molecule has 0 radical (unpaired) electrons. The standard InChI is InChI=1S/C36H38Cl2N4O2/c1-44-34-8-3-2-5-28(34)22-41-14-11-24(12-15-41)36-33-10-9-26(25-6-4-7-31(39)18-25)17-27(33)13-16-42(36)23-35(43)40-32-20-29(37)19-30(38)21-32/h2-10,17-21,24,36H,11-16,22-23,39H2,1H3,(H,40,43). The van der Waals surface area contributed by atoms with Crippen LogP contribution in [-0.2, 0) is 17.8 Å². The normalized spacial score (nSPS) is 17.7. The van der Waals surface area contributed by atoms with E-state index in [2.05, 4.69) is 51.5 Å². The zero-order valence-corrected chi connectivity index (χ0v) is 26.5. The Labute approximate surface area is 269 Å². The van der Waals surface area contributed by atoms with Gasteiger partial charge in [-0.2, -0.15) is 0 Å². The van der Waals surface area contributed by atoms with Crippen LogP contribution >= 0.6 is 23.2 Å². The second-order valence-electron chi connectivity index (χ2n) is 11.8. The number of likely N-dealkylation sites (tertiary alicyclic amines) is 1. The summed E-state index contributed by atoms with van der Waals surface area (Å²) in [5.41, 5.74) is 13.6. The van der Waals surface area contributed by atoms with Crippen LogP contribution in [0.15, 0.2) is 84.9 Å². The van der Waals surface area contributed by atoms with Crippen molar-refractivity contribution in [3.8, 4) is 16.9 Å². The predicted octanol–water partition coefficient (Wildman–Crippen LogP) is 7.70. The number of carbonyl (C=O) groups excluding carboxylic acids is 1. The number of carbonyl (C=O) groups is 1. The number of nitrogen functional groups attached to an aromatic ring is 1. The van der Waals surface area contributed by atoms with Crippen molar-refractivity contribution in [3.05, 3.63) is 112 Å². The van der Waals surface area contributed by atoms with Gasteiger partial charge in [0.25, 0.3) is 0 Å². The largest absolute Gasteiger partial charge is 0.496 e. The van der Waals surface area contributed by atoms with Gasteiger partial charge in [0, 0.05) is 46.1 Å². The number of ether oxygens (including phenoxy) is 1. The van der Waals surface area contributed by atoms with Gasteiger partial charge >= 0.3 is 0 Å². The van der Waals surface area contributed by atoms with Crippen LogP contribution in [0.4, 0.5) is 11.4 Å². The summed E-state index contributed by atoms with van der Waals surface area (Å²) in [7, 11) is 1.73. The number of benzene rings is 4. The molecule has 1 fully saturated rings. The van der Waals surface area contributed by atoms with E-state index in [0.717, 1.165) is 62.4 Å². The Bertz CT molecular complexity index is 1620. The van der Waals surface area contributed by atoms with E-state index in [1.54, 1.807) is 25.3 Å². The number of anilines is 2. The molecule has 2 aliphatic rings. The number of para-hydroxylation sites is 1. The summed E-state index contributed by atoms with van der Waals surface area (Å²) in [6.07, 6.45) is 2.99. The molecule has 6 rings (SSSR count). The number of halogens is 2. The summed E-state index contributed by atoms with van der Waals surface area (Å²) in [6, 6.07) is 28.4. The van der Waals surface area contributed by atoms with E-state index in [4.69, 9.17) is 33.7 Å². The van der Waals surface area contributed by atoms with Crippen LogP contribution in [-0.4, -0.2) is 49.0 Å². The maximum absolute atomic E-state index is 13.4. The first-order chi connectivity index (χ1) is 21.4. The minimum absolute atomic E-state index is 0.0678. The molecule has 0 saturated carbocycles. The highest BCUT2D eigenvalue weighted by Gasteiger charge is 2.36. The number of nitrogens with two attached hydrogens (primary N) is 1. The first kappa shape index (κ1) is 30.5. The maximum atomic E-state index is 13.4. The second kappa shape index (κ2) is 13.6. The number of hydrogen-bond donors (Lipinski definition) is 2. The lowest BCUT2D eigenvalue weighted by Crippen LogP contribution is -2.46. The Morgan fingerprint density at radius 3 is 2.41 bits per heavy atom. The molecule has 8 heteroatoms. The summed E-state index contributed by atoms with van der Waals surface area (Å²) in [6.45, 7) is 3.97. The van der Waals surface area contributed by atoms with Gasteiger partial charge in [-0.25, -0.2) is 0 Å². The molecular formula is C36H38Cl2N4O2. The van der Waals surface area contributed by atoms with Crippen molar-refractivity contribution in [2.75, 3.05) is 44.3 Å². The van der Waals surface area contributed by atoms with Crippen LogP contribution in [0.1, 0.15) is 35.6 Å². The van der Waals surface area contributed by atoms with Gasteiger partial charge in [0.05, 0.1) is 13.7 Å². The topological polar surface area (TPSA) is 70.8 Å². The summed E-state index contributed by atoms with van der Waals surface area (Å²) in [4.78, 5) is 18.2. The fourth-order valence-corrected chi connectivity index (χ4v) is 7.38. The molecule has 1 amide bonds. The molecule has 1 unspecified atom stereocenters. The van der Waals surface area contributed by atoms with Gasteiger partial charge in [0.1, 0.15) is 5.75 Å². The third-order valence-electron chi connectivity index (χ3n) is 8.90. The van der Waals surface area contributed by atoms with Crippen LogP contribution < -0.4 is 15.8 Å². The van der Waals surface area contributed by atoms with Gasteiger partial charge in [0.15, 0.2) is 0 Å². The van der Waals surface area contributed by atoms with E-state index in [9.17, 15) is 4.79 Å². The minimum Gasteiger partial charge on any atom is -0.496 e. The molecule has 1 atom stereocenters. The van der Waals surface area contributed by atoms with Crippen LogP contribution in [0.25, 0.3) is 11.1 Å². The number of methoxy groups -OCH3 is 1. The molecule has 0 bridgehead atoms. The minimum atomic E-state index is -0.0678. The summed E-state index contributed by atoms with van der Waals surface area (Å²) >= 11 is 12.4. The first-order valence-corrected chi connectivity index (χ1v) is 15.9. The summed E-state index contributed by atoms with van der Waals surface area (Å²) in [5.74, 6) is 1.29. The van der Waals surface area contributed by atoms with Gasteiger partial charge in [0.2, 0.25) is 5.91 Å². The van der Waals surface area contributed by atoms with Crippen molar-refractivity contribution in [1.82, 2.24) is 9.80 Å². The van der Waals surface area contributed by atoms with E-state index in [1.807, 2.05) is 30.3 Å². The second-order valence-corrected chi connectivity index (χ2v) is 12.7. The molecule has 0 spiro atoms. The summed E-state index contributed by atoms with van der Waals surface area (Å²) < 4.78 is 5.60. The Morgan fingerprint density at radius 2 is 1.66 bits per heavy atom. The number of rotatable bonds is 8. The van der Waals surface area contributed by atoms with E-state index >= 15 is 0 Å². The van der Waals surface area contributed by atoms with Gasteiger partial charge in [-0.1, -0.05) is 71.7 Å². The number of nitrogens with one attached hydrogen (secondary N) is 1. The third-order valence-corrected chi connectivity index (χ3v) is 9.34. The Balaban J connectivity index is 1.23. The highest BCUT2D eigenvalue weighted by atomic mass is 35.5. The Morgan fingerprint density at radius 1 is 0.909 bits per heavy atom. The van der Waals surface area contributed by atoms with Crippen molar-refractivity contribution in [1.29, 1.82) is 0 Å². The lowest BCUT2D eigenvalue weighted by Gasteiger charge is -2.44. The number of nitrogens with zero attached hydrogens (tertiary/aromatic N) is 2. The number of amides is 1. The molecule has 3 N–H and O–H groups in total. The lowest BCUT2D eigenvalue weighted by atomic mass is 9.79.